The third-order valence-corrected chi connectivity index (χ3v) is 4.36. The highest BCUT2D eigenvalue weighted by Gasteiger charge is 2.15. The molecule has 0 atom stereocenters. The molecule has 8 heteroatoms. The van der Waals surface area contributed by atoms with Crippen LogP contribution in [0.15, 0.2) is 41.6 Å². The van der Waals surface area contributed by atoms with E-state index in [-0.39, 0.29) is 4.90 Å². The molecule has 0 unspecified atom stereocenters. The first-order chi connectivity index (χ1) is 9.90. The minimum atomic E-state index is -3.62. The lowest BCUT2D eigenvalue weighted by Gasteiger charge is -2.07. The lowest BCUT2D eigenvalue weighted by atomic mass is 10.1. The molecule has 0 saturated heterocycles. The number of benzene rings is 1. The number of aryl methyl sites for hydroxylation is 1. The van der Waals surface area contributed by atoms with Gasteiger partial charge in [-0.05, 0) is 24.6 Å². The molecule has 0 aliphatic rings. The zero-order valence-corrected chi connectivity index (χ0v) is 13.1. The van der Waals surface area contributed by atoms with Gasteiger partial charge < -0.3 is 5.73 Å². The van der Waals surface area contributed by atoms with Crippen LogP contribution in [-0.2, 0) is 23.0 Å². The van der Waals surface area contributed by atoms with E-state index in [1.54, 1.807) is 23.0 Å². The lowest BCUT2D eigenvalue weighted by molar-refractivity contribution is 0.601. The van der Waals surface area contributed by atoms with Crippen molar-refractivity contribution in [2.24, 2.45) is 5.73 Å². The fourth-order valence-corrected chi connectivity index (χ4v) is 2.99. The topological polar surface area (TPSA) is 90.0 Å². The molecule has 3 N–H and O–H groups in total. The minimum absolute atomic E-state index is 0.179. The largest absolute Gasteiger partial charge is 0.393 e. The summed E-state index contributed by atoms with van der Waals surface area (Å²) in [6.45, 7) is 2.60. The normalized spacial score (nSPS) is 11.3. The summed E-state index contributed by atoms with van der Waals surface area (Å²) in [7, 11) is -3.62. The van der Waals surface area contributed by atoms with Crippen molar-refractivity contribution >= 4 is 32.9 Å². The SMILES string of the molecule is CCn1cc(NS(=O)(=O)c2ccc(CC(N)=S)cc2)cn1. The molecule has 6 nitrogen and oxygen atoms in total. The highest BCUT2D eigenvalue weighted by atomic mass is 32.2. The molecule has 2 rings (SSSR count). The van der Waals surface area contributed by atoms with E-state index in [0.717, 1.165) is 5.56 Å². The molecule has 1 heterocycles. The number of sulfonamides is 1. The summed E-state index contributed by atoms with van der Waals surface area (Å²) in [5.74, 6) is 0. The van der Waals surface area contributed by atoms with Gasteiger partial charge in [0.25, 0.3) is 10.0 Å². The summed E-state index contributed by atoms with van der Waals surface area (Å²) in [6.07, 6.45) is 3.56. The summed E-state index contributed by atoms with van der Waals surface area (Å²) in [4.78, 5) is 0.550. The van der Waals surface area contributed by atoms with Gasteiger partial charge in [-0.3, -0.25) is 9.40 Å². The zero-order valence-electron chi connectivity index (χ0n) is 11.5. The number of nitrogens with two attached hydrogens (primary N) is 1. The Hall–Kier alpha value is -1.93. The summed E-state index contributed by atoms with van der Waals surface area (Å²) in [6, 6.07) is 6.45. The molecular formula is C13H16N4O2S2. The van der Waals surface area contributed by atoms with Gasteiger partial charge in [-0.2, -0.15) is 5.10 Å². The van der Waals surface area contributed by atoms with Gasteiger partial charge in [0.15, 0.2) is 0 Å². The smallest absolute Gasteiger partial charge is 0.261 e. The van der Waals surface area contributed by atoms with Crippen LogP contribution in [-0.4, -0.2) is 23.2 Å². The van der Waals surface area contributed by atoms with Gasteiger partial charge in [-0.1, -0.05) is 24.4 Å². The average Bonchev–Trinajstić information content (AvgIpc) is 2.85. The van der Waals surface area contributed by atoms with Crippen LogP contribution in [0.4, 0.5) is 5.69 Å². The molecular weight excluding hydrogens is 308 g/mol. The van der Waals surface area contributed by atoms with Crippen molar-refractivity contribution in [1.29, 1.82) is 0 Å². The first-order valence-electron chi connectivity index (χ1n) is 6.33. The predicted molar refractivity (Wildman–Crippen MR) is 85.6 cm³/mol. The van der Waals surface area contributed by atoms with Gasteiger partial charge in [0.05, 0.1) is 21.8 Å². The second kappa shape index (κ2) is 6.23. The maximum atomic E-state index is 12.2. The average molecular weight is 324 g/mol. The molecule has 0 spiro atoms. The standard InChI is InChI=1S/C13H16N4O2S2/c1-2-17-9-11(8-15-17)16-21(18,19)12-5-3-10(4-6-12)7-13(14)20/h3-6,8-9,16H,2,7H2,1H3,(H2,14,20). The van der Waals surface area contributed by atoms with Crippen LogP contribution < -0.4 is 10.5 Å². The Labute approximate surface area is 129 Å². The molecule has 0 aliphatic heterocycles. The van der Waals surface area contributed by atoms with Crippen molar-refractivity contribution in [2.45, 2.75) is 24.8 Å². The van der Waals surface area contributed by atoms with Crippen LogP contribution in [0.3, 0.4) is 0 Å². The third-order valence-electron chi connectivity index (χ3n) is 2.82. The monoisotopic (exact) mass is 324 g/mol. The van der Waals surface area contributed by atoms with E-state index in [1.807, 2.05) is 6.92 Å². The summed E-state index contributed by atoms with van der Waals surface area (Å²) in [5, 5.41) is 4.02. The second-order valence-corrected chi connectivity index (χ2v) is 6.68. The number of aromatic nitrogens is 2. The number of rotatable bonds is 6. The molecule has 0 bridgehead atoms. The molecule has 1 aromatic heterocycles. The number of nitrogens with zero attached hydrogens (tertiary/aromatic N) is 2. The maximum Gasteiger partial charge on any atom is 0.261 e. The molecule has 2 aromatic rings. The Bertz CT molecular complexity index is 736. The number of hydrogen-bond donors (Lipinski definition) is 2. The Kier molecular flexibility index (Phi) is 4.59. The number of nitrogens with one attached hydrogen (secondary N) is 1. The first kappa shape index (κ1) is 15.5. The molecule has 0 aliphatic carbocycles. The highest BCUT2D eigenvalue weighted by Crippen LogP contribution is 2.16. The highest BCUT2D eigenvalue weighted by molar-refractivity contribution is 7.92. The molecule has 0 fully saturated rings. The molecule has 112 valence electrons. The zero-order chi connectivity index (χ0) is 15.5. The van der Waals surface area contributed by atoms with E-state index in [9.17, 15) is 8.42 Å². The van der Waals surface area contributed by atoms with Crippen LogP contribution in [0.2, 0.25) is 0 Å². The predicted octanol–water partition coefficient (Wildman–Crippen LogP) is 1.53. The van der Waals surface area contributed by atoms with Crippen molar-refractivity contribution in [3.63, 3.8) is 0 Å². The number of thiocarbonyl (C=S) groups is 1. The van der Waals surface area contributed by atoms with E-state index < -0.39 is 10.0 Å². The van der Waals surface area contributed by atoms with Gasteiger partial charge in [0, 0.05) is 19.2 Å². The van der Waals surface area contributed by atoms with Crippen molar-refractivity contribution in [3.05, 3.63) is 42.2 Å². The molecule has 21 heavy (non-hydrogen) atoms. The van der Waals surface area contributed by atoms with Crippen molar-refractivity contribution in [3.8, 4) is 0 Å². The summed E-state index contributed by atoms with van der Waals surface area (Å²) >= 11 is 4.82. The van der Waals surface area contributed by atoms with Crippen LogP contribution in [0.1, 0.15) is 12.5 Å². The molecule has 0 saturated carbocycles. The Morgan fingerprint density at radius 3 is 2.57 bits per heavy atom. The van der Waals surface area contributed by atoms with Crippen LogP contribution in [0.5, 0.6) is 0 Å². The lowest BCUT2D eigenvalue weighted by Crippen LogP contribution is -2.13. The molecule has 1 aromatic carbocycles. The molecule has 0 radical (unpaired) electrons. The van der Waals surface area contributed by atoms with Gasteiger partial charge >= 0.3 is 0 Å². The Morgan fingerprint density at radius 1 is 1.38 bits per heavy atom. The van der Waals surface area contributed by atoms with E-state index in [0.29, 0.717) is 23.6 Å². The van der Waals surface area contributed by atoms with Gasteiger partial charge in [-0.25, -0.2) is 8.42 Å². The van der Waals surface area contributed by atoms with E-state index in [1.165, 1.54) is 18.3 Å². The number of hydrogen-bond acceptors (Lipinski definition) is 4. The van der Waals surface area contributed by atoms with Crippen molar-refractivity contribution in [2.75, 3.05) is 4.72 Å². The van der Waals surface area contributed by atoms with Crippen LogP contribution in [0.25, 0.3) is 0 Å². The Morgan fingerprint density at radius 2 is 2.05 bits per heavy atom. The Balaban J connectivity index is 2.17. The number of anilines is 1. The van der Waals surface area contributed by atoms with E-state index in [2.05, 4.69) is 9.82 Å². The second-order valence-electron chi connectivity index (χ2n) is 4.48. The van der Waals surface area contributed by atoms with E-state index >= 15 is 0 Å². The third kappa shape index (κ3) is 4.02. The van der Waals surface area contributed by atoms with Gasteiger partial charge in [-0.15, -0.1) is 0 Å². The summed E-state index contributed by atoms with van der Waals surface area (Å²) < 4.78 is 28.6. The minimum Gasteiger partial charge on any atom is -0.393 e. The summed E-state index contributed by atoms with van der Waals surface area (Å²) in [5.41, 5.74) is 6.77. The maximum absolute atomic E-state index is 12.2. The molecule has 0 amide bonds. The van der Waals surface area contributed by atoms with Gasteiger partial charge in [0.2, 0.25) is 0 Å². The first-order valence-corrected chi connectivity index (χ1v) is 8.22. The van der Waals surface area contributed by atoms with E-state index in [4.69, 9.17) is 18.0 Å². The van der Waals surface area contributed by atoms with Crippen molar-refractivity contribution in [1.82, 2.24) is 9.78 Å². The van der Waals surface area contributed by atoms with Crippen LogP contribution >= 0.6 is 12.2 Å². The van der Waals surface area contributed by atoms with Gasteiger partial charge in [0.1, 0.15) is 0 Å². The van der Waals surface area contributed by atoms with Crippen molar-refractivity contribution < 1.29 is 8.42 Å². The quantitative estimate of drug-likeness (QED) is 0.787. The fraction of sp³-hybridized carbons (Fsp3) is 0.231. The van der Waals surface area contributed by atoms with Crippen LogP contribution in [0, 0.1) is 0 Å². The fourth-order valence-electron chi connectivity index (χ4n) is 1.79.